The van der Waals surface area contributed by atoms with Gasteiger partial charge in [-0.2, -0.15) is 0 Å². The average Bonchev–Trinajstić information content (AvgIpc) is 3.54. The third-order valence-corrected chi connectivity index (χ3v) is 10.5. The maximum absolute atomic E-state index is 14.3. The second-order valence-electron chi connectivity index (χ2n) is 7.83. The molecule has 162 valence electrons. The first kappa shape index (κ1) is 20.2. The van der Waals surface area contributed by atoms with E-state index in [-0.39, 0.29) is 5.92 Å². The number of hydrogen-bond donors (Lipinski definition) is 2. The van der Waals surface area contributed by atoms with Crippen molar-refractivity contribution in [3.63, 3.8) is 0 Å². The lowest BCUT2D eigenvalue weighted by molar-refractivity contribution is 0.291. The molecule has 0 bridgehead atoms. The fourth-order valence-electron chi connectivity index (χ4n) is 4.53. The number of aromatic amines is 1. The summed E-state index contributed by atoms with van der Waals surface area (Å²) in [5.74, 6) is 0.466. The van der Waals surface area contributed by atoms with Crippen molar-refractivity contribution in [3.05, 3.63) is 49.2 Å². The van der Waals surface area contributed by atoms with E-state index in [1.165, 1.54) is 17.7 Å². The molecule has 5 rings (SSSR count). The van der Waals surface area contributed by atoms with E-state index in [1.54, 1.807) is 24.5 Å². The van der Waals surface area contributed by atoms with E-state index in [2.05, 4.69) is 20.3 Å². The van der Waals surface area contributed by atoms with Crippen molar-refractivity contribution in [2.75, 3.05) is 25.0 Å². The van der Waals surface area contributed by atoms with Crippen LogP contribution in [0.15, 0.2) is 57.9 Å². The van der Waals surface area contributed by atoms with Gasteiger partial charge in [0.25, 0.3) is 0 Å². The molecule has 10 heteroatoms. The van der Waals surface area contributed by atoms with Crippen molar-refractivity contribution < 1.29 is 12.8 Å². The Morgan fingerprint density at radius 3 is 2.94 bits per heavy atom. The molecule has 8 nitrogen and oxygen atoms in total. The zero-order valence-electron chi connectivity index (χ0n) is 17.2. The monoisotopic (exact) mass is 457 g/mol. The van der Waals surface area contributed by atoms with Gasteiger partial charge in [0.2, 0.25) is 9.84 Å². The largest absolute Gasteiger partial charge is 0.443 e. The van der Waals surface area contributed by atoms with Crippen molar-refractivity contribution in [1.82, 2.24) is 20.3 Å². The number of sulfone groups is 1. The van der Waals surface area contributed by atoms with E-state index < -0.39 is 14.7 Å². The SMILES string of the molecule is C[C@@H]1CCNC[C@]1(N(C)c1ccnc2[nH]ccc12)S(=O)(=O)c1ccc(-c2cnco2)s1. The molecule has 0 radical (unpaired) electrons. The number of piperidine rings is 1. The van der Waals surface area contributed by atoms with Gasteiger partial charge in [0, 0.05) is 31.4 Å². The van der Waals surface area contributed by atoms with Gasteiger partial charge in [0.05, 0.1) is 16.8 Å². The number of oxazole rings is 1. The lowest BCUT2D eigenvalue weighted by atomic mass is 9.92. The highest BCUT2D eigenvalue weighted by Gasteiger charge is 2.54. The van der Waals surface area contributed by atoms with E-state index in [0.717, 1.165) is 34.6 Å². The second-order valence-corrected chi connectivity index (χ2v) is 11.3. The van der Waals surface area contributed by atoms with Gasteiger partial charge in [0.15, 0.2) is 17.0 Å². The fourth-order valence-corrected chi connectivity index (χ4v) is 8.35. The zero-order chi connectivity index (χ0) is 21.6. The summed E-state index contributed by atoms with van der Waals surface area (Å²) in [6.07, 6.45) is 7.22. The maximum atomic E-state index is 14.3. The zero-order valence-corrected chi connectivity index (χ0v) is 18.8. The summed E-state index contributed by atoms with van der Waals surface area (Å²) in [6, 6.07) is 7.27. The Morgan fingerprint density at radius 2 is 2.16 bits per heavy atom. The summed E-state index contributed by atoms with van der Waals surface area (Å²) >= 11 is 1.21. The number of H-pyrrole nitrogens is 1. The first-order chi connectivity index (χ1) is 14.9. The fraction of sp³-hybridized carbons (Fsp3) is 0.333. The van der Waals surface area contributed by atoms with Crippen molar-refractivity contribution in [1.29, 1.82) is 0 Å². The van der Waals surface area contributed by atoms with Gasteiger partial charge in [-0.15, -0.1) is 11.3 Å². The predicted octanol–water partition coefficient (Wildman–Crippen LogP) is 3.52. The topological polar surface area (TPSA) is 104 Å². The quantitative estimate of drug-likeness (QED) is 0.472. The van der Waals surface area contributed by atoms with Gasteiger partial charge >= 0.3 is 0 Å². The van der Waals surface area contributed by atoms with Crippen LogP contribution in [-0.4, -0.2) is 48.4 Å². The summed E-state index contributed by atoms with van der Waals surface area (Å²) in [5.41, 5.74) is 1.56. The minimum Gasteiger partial charge on any atom is -0.443 e. The summed E-state index contributed by atoms with van der Waals surface area (Å²) in [7, 11) is -1.88. The molecule has 0 aliphatic carbocycles. The van der Waals surface area contributed by atoms with Crippen LogP contribution >= 0.6 is 11.3 Å². The molecule has 0 spiro atoms. The van der Waals surface area contributed by atoms with Crippen molar-refractivity contribution in [3.8, 4) is 10.6 Å². The van der Waals surface area contributed by atoms with E-state index in [1.807, 2.05) is 37.2 Å². The molecule has 1 fully saturated rings. The summed E-state index contributed by atoms with van der Waals surface area (Å²) in [6.45, 7) is 3.14. The number of nitrogens with one attached hydrogen (secondary N) is 2. The normalized spacial score (nSPS) is 22.1. The molecule has 0 saturated carbocycles. The number of rotatable bonds is 5. The Bertz CT molecular complexity index is 1310. The predicted molar refractivity (Wildman–Crippen MR) is 121 cm³/mol. The van der Waals surface area contributed by atoms with E-state index in [0.29, 0.717) is 16.5 Å². The smallest absolute Gasteiger partial charge is 0.213 e. The van der Waals surface area contributed by atoms with Gasteiger partial charge in [-0.05, 0) is 43.1 Å². The molecule has 2 N–H and O–H groups in total. The van der Waals surface area contributed by atoms with Gasteiger partial charge in [0.1, 0.15) is 9.86 Å². The minimum absolute atomic E-state index is 0.0956. The minimum atomic E-state index is -3.75. The highest BCUT2D eigenvalue weighted by molar-refractivity contribution is 7.95. The molecule has 0 amide bonds. The van der Waals surface area contributed by atoms with Crippen LogP contribution in [0.2, 0.25) is 0 Å². The highest BCUT2D eigenvalue weighted by Crippen LogP contribution is 2.44. The van der Waals surface area contributed by atoms with Crippen LogP contribution in [-0.2, 0) is 9.84 Å². The number of aromatic nitrogens is 3. The average molecular weight is 458 g/mol. The Labute approximate surface area is 184 Å². The van der Waals surface area contributed by atoms with E-state index in [4.69, 9.17) is 4.42 Å². The van der Waals surface area contributed by atoms with Crippen LogP contribution < -0.4 is 10.2 Å². The van der Waals surface area contributed by atoms with Crippen molar-refractivity contribution >= 4 is 37.9 Å². The van der Waals surface area contributed by atoms with Gasteiger partial charge in [-0.3, -0.25) is 0 Å². The number of anilines is 1. The van der Waals surface area contributed by atoms with Crippen molar-refractivity contribution in [2.24, 2.45) is 5.92 Å². The molecule has 0 aromatic carbocycles. The molecule has 0 unspecified atom stereocenters. The second kappa shape index (κ2) is 7.47. The molecule has 4 aromatic rings. The summed E-state index contributed by atoms with van der Waals surface area (Å²) in [5, 5.41) is 4.24. The summed E-state index contributed by atoms with van der Waals surface area (Å²) < 4.78 is 34.2. The Balaban J connectivity index is 1.66. The molecule has 4 aromatic heterocycles. The lowest BCUT2D eigenvalue weighted by Gasteiger charge is -2.48. The van der Waals surface area contributed by atoms with Crippen LogP contribution in [0.4, 0.5) is 5.69 Å². The van der Waals surface area contributed by atoms with E-state index in [9.17, 15) is 8.42 Å². The summed E-state index contributed by atoms with van der Waals surface area (Å²) in [4.78, 5) is 12.9. The van der Waals surface area contributed by atoms with Gasteiger partial charge in [-0.25, -0.2) is 18.4 Å². The molecular weight excluding hydrogens is 434 g/mol. The van der Waals surface area contributed by atoms with Crippen LogP contribution in [0, 0.1) is 5.92 Å². The third kappa shape index (κ3) is 3.00. The van der Waals surface area contributed by atoms with Crippen LogP contribution in [0.1, 0.15) is 13.3 Å². The van der Waals surface area contributed by atoms with Crippen LogP contribution in [0.5, 0.6) is 0 Å². The molecule has 5 heterocycles. The van der Waals surface area contributed by atoms with Crippen LogP contribution in [0.25, 0.3) is 21.7 Å². The molecule has 2 atom stereocenters. The number of fused-ring (bicyclic) bond motifs is 1. The number of likely N-dealkylation sites (N-methyl/N-ethyl adjacent to an activating group) is 1. The van der Waals surface area contributed by atoms with E-state index >= 15 is 0 Å². The van der Waals surface area contributed by atoms with Crippen molar-refractivity contribution in [2.45, 2.75) is 22.4 Å². The number of nitrogens with zero attached hydrogens (tertiary/aromatic N) is 3. The standard InChI is InChI=1S/C21H23N5O3S2/c1-14-5-8-22-12-21(14,26(2)16-7-10-25-20-15(16)6-9-24-20)31(27,28)19-4-3-18(30-19)17-11-23-13-29-17/h3-4,6-7,9-11,13-14,22H,5,8,12H2,1-2H3,(H,24,25)/t14-,21+/m1/s1. The Kier molecular flexibility index (Phi) is 4.87. The Morgan fingerprint density at radius 1 is 1.29 bits per heavy atom. The molecule has 1 saturated heterocycles. The number of pyridine rings is 1. The third-order valence-electron chi connectivity index (χ3n) is 6.26. The van der Waals surface area contributed by atoms with Gasteiger partial charge in [-0.1, -0.05) is 6.92 Å². The van der Waals surface area contributed by atoms with Crippen LogP contribution in [0.3, 0.4) is 0 Å². The maximum Gasteiger partial charge on any atom is 0.213 e. The number of hydrogen-bond acceptors (Lipinski definition) is 8. The molecule has 31 heavy (non-hydrogen) atoms. The highest BCUT2D eigenvalue weighted by atomic mass is 32.2. The molecular formula is C21H23N5O3S2. The first-order valence-electron chi connectivity index (χ1n) is 10.0. The van der Waals surface area contributed by atoms with Gasteiger partial charge < -0.3 is 19.6 Å². The first-order valence-corrected chi connectivity index (χ1v) is 12.3. The molecule has 1 aliphatic heterocycles. The molecule has 1 aliphatic rings. The lowest BCUT2D eigenvalue weighted by Crippen LogP contribution is -2.65. The Hall–Kier alpha value is -2.69. The number of thiophene rings is 1.